The molecule has 0 saturated heterocycles. The van der Waals surface area contributed by atoms with Gasteiger partial charge in [0, 0.05) is 6.54 Å². The van der Waals surface area contributed by atoms with Crippen molar-refractivity contribution in [2.45, 2.75) is 18.9 Å². The third kappa shape index (κ3) is 7.63. The molecule has 14 heavy (non-hydrogen) atoms. The molecule has 0 fully saturated rings. The van der Waals surface area contributed by atoms with Crippen molar-refractivity contribution in [3.05, 3.63) is 0 Å². The van der Waals surface area contributed by atoms with Gasteiger partial charge in [-0.2, -0.15) is 0 Å². The Bertz CT molecular complexity index is 189. The lowest BCUT2D eigenvalue weighted by Gasteiger charge is -2.08. The predicted molar refractivity (Wildman–Crippen MR) is 56.4 cm³/mol. The molecule has 0 aliphatic carbocycles. The fraction of sp³-hybridized carbons (Fsp3) is 0.714. The van der Waals surface area contributed by atoms with Gasteiger partial charge in [-0.15, -0.1) is 12.4 Å². The summed E-state index contributed by atoms with van der Waals surface area (Å²) in [5, 5.41) is 9.46. The van der Waals surface area contributed by atoms with Crippen LogP contribution >= 0.6 is 12.4 Å². The van der Waals surface area contributed by atoms with E-state index in [0.717, 1.165) is 0 Å². The second kappa shape index (κ2) is 8.58. The van der Waals surface area contributed by atoms with Gasteiger partial charge in [0.15, 0.2) is 5.96 Å². The van der Waals surface area contributed by atoms with E-state index in [2.05, 4.69) is 10.1 Å². The summed E-state index contributed by atoms with van der Waals surface area (Å²) in [5.41, 5.74) is 10.5. The van der Waals surface area contributed by atoms with E-state index in [4.69, 9.17) is 16.9 Å². The maximum atomic E-state index is 10.8. The van der Waals surface area contributed by atoms with Gasteiger partial charge in [-0.25, -0.2) is 0 Å². The molecule has 0 bridgehead atoms. The molecule has 0 radical (unpaired) electrons. The minimum absolute atomic E-state index is 0. The molecule has 0 saturated carbocycles. The maximum absolute atomic E-state index is 10.8. The van der Waals surface area contributed by atoms with E-state index in [1.807, 2.05) is 0 Å². The van der Waals surface area contributed by atoms with Crippen molar-refractivity contribution in [2.24, 2.45) is 11.5 Å². The van der Waals surface area contributed by atoms with Crippen LogP contribution in [0.15, 0.2) is 0 Å². The van der Waals surface area contributed by atoms with Crippen LogP contribution in [0.1, 0.15) is 12.8 Å². The van der Waals surface area contributed by atoms with Gasteiger partial charge in [0.2, 0.25) is 0 Å². The van der Waals surface area contributed by atoms with E-state index in [0.29, 0.717) is 19.4 Å². The standard InChI is InChI=1S/C7H16N4O2.ClH/c1-13-6(12)5(8)3-2-4-11-7(9)10;/h5H,2-4,8H2,1H3,(H4,9,10,11);1H. The van der Waals surface area contributed by atoms with E-state index in [1.54, 1.807) is 0 Å². The number of carbonyl (C=O) groups excluding carboxylic acids is 1. The van der Waals surface area contributed by atoms with Crippen LogP contribution < -0.4 is 16.8 Å². The summed E-state index contributed by atoms with van der Waals surface area (Å²) in [6, 6.07) is -0.584. The molecule has 0 rings (SSSR count). The Kier molecular flexibility index (Phi) is 9.48. The minimum Gasteiger partial charge on any atom is -0.468 e. The van der Waals surface area contributed by atoms with Crippen LogP contribution in [0.2, 0.25) is 0 Å². The highest BCUT2D eigenvalue weighted by Gasteiger charge is 2.12. The third-order valence-corrected chi connectivity index (χ3v) is 1.51. The number of nitrogens with one attached hydrogen (secondary N) is 2. The number of hydrogen-bond donors (Lipinski definition) is 4. The molecule has 0 aromatic heterocycles. The average molecular weight is 225 g/mol. The van der Waals surface area contributed by atoms with Crippen molar-refractivity contribution in [1.29, 1.82) is 5.41 Å². The van der Waals surface area contributed by atoms with Gasteiger partial charge in [-0.1, -0.05) is 0 Å². The zero-order chi connectivity index (χ0) is 10.3. The van der Waals surface area contributed by atoms with Crippen LogP contribution in [0.5, 0.6) is 0 Å². The van der Waals surface area contributed by atoms with Crippen molar-refractivity contribution in [3.8, 4) is 0 Å². The van der Waals surface area contributed by atoms with Gasteiger partial charge >= 0.3 is 5.97 Å². The number of nitrogens with two attached hydrogens (primary N) is 2. The van der Waals surface area contributed by atoms with Gasteiger partial charge in [0.1, 0.15) is 6.04 Å². The predicted octanol–water partition coefficient (Wildman–Crippen LogP) is -0.828. The molecule has 0 aliphatic rings. The summed E-state index contributed by atoms with van der Waals surface area (Å²) >= 11 is 0. The van der Waals surface area contributed by atoms with E-state index in [1.165, 1.54) is 7.11 Å². The fourth-order valence-corrected chi connectivity index (χ4v) is 0.814. The number of hydrogen-bond acceptors (Lipinski definition) is 4. The van der Waals surface area contributed by atoms with Gasteiger partial charge in [0.25, 0.3) is 0 Å². The first-order valence-corrected chi connectivity index (χ1v) is 3.99. The first kappa shape index (κ1) is 15.5. The first-order valence-electron chi connectivity index (χ1n) is 3.99. The molecule has 0 amide bonds. The highest BCUT2D eigenvalue weighted by atomic mass is 35.5. The SMILES string of the molecule is COC(=O)C(N)CCCNC(=N)N.Cl. The van der Waals surface area contributed by atoms with Crippen LogP contribution in [-0.2, 0) is 9.53 Å². The molecule has 84 valence electrons. The Labute approximate surface area is 89.3 Å². The fourth-order valence-electron chi connectivity index (χ4n) is 0.814. The normalized spacial score (nSPS) is 11.0. The molecule has 1 unspecified atom stereocenters. The van der Waals surface area contributed by atoms with Gasteiger partial charge in [0.05, 0.1) is 7.11 Å². The first-order chi connectivity index (χ1) is 6.07. The molecular weight excluding hydrogens is 208 g/mol. The minimum atomic E-state index is -0.584. The van der Waals surface area contributed by atoms with Crippen LogP contribution in [0.4, 0.5) is 0 Å². The Hall–Kier alpha value is -1.01. The molecule has 7 heteroatoms. The molecule has 6 N–H and O–H groups in total. The van der Waals surface area contributed by atoms with Gasteiger partial charge in [-0.05, 0) is 12.8 Å². The second-order valence-corrected chi connectivity index (χ2v) is 2.61. The Morgan fingerprint density at radius 3 is 2.64 bits per heavy atom. The van der Waals surface area contributed by atoms with E-state index in [9.17, 15) is 4.79 Å². The summed E-state index contributed by atoms with van der Waals surface area (Å²) in [6.45, 7) is 0.542. The number of methoxy groups -OCH3 is 1. The quantitative estimate of drug-likeness (QED) is 0.211. The summed E-state index contributed by atoms with van der Waals surface area (Å²) in [6.07, 6.45) is 1.20. The zero-order valence-corrected chi connectivity index (χ0v) is 8.89. The molecular formula is C7H17ClN4O2. The number of carbonyl (C=O) groups is 1. The molecule has 0 heterocycles. The number of esters is 1. The highest BCUT2D eigenvalue weighted by Crippen LogP contribution is 1.94. The summed E-state index contributed by atoms with van der Waals surface area (Å²) < 4.78 is 4.44. The Balaban J connectivity index is 0. The topological polar surface area (TPSA) is 114 Å². The highest BCUT2D eigenvalue weighted by molar-refractivity contribution is 5.85. The largest absolute Gasteiger partial charge is 0.468 e. The average Bonchev–Trinajstić information content (AvgIpc) is 2.10. The molecule has 1 atom stereocenters. The van der Waals surface area contributed by atoms with Crippen molar-refractivity contribution in [1.82, 2.24) is 5.32 Å². The second-order valence-electron chi connectivity index (χ2n) is 2.61. The van der Waals surface area contributed by atoms with Crippen molar-refractivity contribution < 1.29 is 9.53 Å². The smallest absolute Gasteiger partial charge is 0.322 e. The maximum Gasteiger partial charge on any atom is 0.322 e. The van der Waals surface area contributed by atoms with Gasteiger partial charge < -0.3 is 21.5 Å². The number of ether oxygens (including phenoxy) is 1. The molecule has 6 nitrogen and oxygen atoms in total. The molecule has 0 spiro atoms. The summed E-state index contributed by atoms with van der Waals surface area (Å²) in [7, 11) is 1.30. The molecule has 0 aromatic carbocycles. The number of halogens is 1. The van der Waals surface area contributed by atoms with E-state index in [-0.39, 0.29) is 18.4 Å². The van der Waals surface area contributed by atoms with Crippen molar-refractivity contribution in [3.63, 3.8) is 0 Å². The Morgan fingerprint density at radius 2 is 2.21 bits per heavy atom. The zero-order valence-electron chi connectivity index (χ0n) is 8.08. The summed E-state index contributed by atoms with van der Waals surface area (Å²) in [4.78, 5) is 10.8. The molecule has 0 aliphatic heterocycles. The van der Waals surface area contributed by atoms with Crippen LogP contribution in [-0.4, -0.2) is 31.6 Å². The van der Waals surface area contributed by atoms with Crippen LogP contribution in [0.3, 0.4) is 0 Å². The lowest BCUT2D eigenvalue weighted by Crippen LogP contribution is -2.34. The van der Waals surface area contributed by atoms with Crippen molar-refractivity contribution in [2.75, 3.05) is 13.7 Å². The van der Waals surface area contributed by atoms with Gasteiger partial charge in [-0.3, -0.25) is 10.2 Å². The van der Waals surface area contributed by atoms with Crippen LogP contribution in [0.25, 0.3) is 0 Å². The van der Waals surface area contributed by atoms with Crippen LogP contribution in [0, 0.1) is 5.41 Å². The monoisotopic (exact) mass is 224 g/mol. The molecule has 0 aromatic rings. The number of guanidine groups is 1. The van der Waals surface area contributed by atoms with Crippen molar-refractivity contribution >= 4 is 24.3 Å². The third-order valence-electron chi connectivity index (χ3n) is 1.51. The Morgan fingerprint density at radius 1 is 1.64 bits per heavy atom. The summed E-state index contributed by atoms with van der Waals surface area (Å²) in [5.74, 6) is -0.491. The lowest BCUT2D eigenvalue weighted by molar-refractivity contribution is -0.142. The van der Waals surface area contributed by atoms with E-state index < -0.39 is 12.0 Å². The number of rotatable bonds is 5. The van der Waals surface area contributed by atoms with E-state index >= 15 is 0 Å². The lowest BCUT2D eigenvalue weighted by atomic mass is 10.2.